The molecule has 1 aromatic rings. The quantitative estimate of drug-likeness (QED) is 0.683. The van der Waals surface area contributed by atoms with Gasteiger partial charge in [-0.25, -0.2) is 0 Å². The molecule has 0 aliphatic carbocycles. The van der Waals surface area contributed by atoms with E-state index >= 15 is 0 Å². The normalized spacial score (nSPS) is 12.2. The number of benzene rings is 1. The van der Waals surface area contributed by atoms with E-state index in [1.807, 2.05) is 31.2 Å². The topological polar surface area (TPSA) is 75.4 Å². The molecule has 0 radical (unpaired) electrons. The van der Waals surface area contributed by atoms with Crippen LogP contribution < -0.4 is 11.1 Å². The number of nitrogens with two attached hydrogens (primary N) is 1. The van der Waals surface area contributed by atoms with Gasteiger partial charge in [0.2, 0.25) is 5.91 Å². The molecule has 1 unspecified atom stereocenters. The predicted molar refractivity (Wildman–Crippen MR) is 67.0 cm³/mol. The van der Waals surface area contributed by atoms with E-state index < -0.39 is 0 Å². The Labute approximate surface area is 102 Å². The van der Waals surface area contributed by atoms with Crippen LogP contribution in [-0.4, -0.2) is 17.6 Å². The molecule has 0 heterocycles. The Morgan fingerprint density at radius 2 is 1.94 bits per heavy atom. The summed E-state index contributed by atoms with van der Waals surface area (Å²) in [6.07, 6.45) is 0.756. The number of hydrogen-bond donors (Lipinski definition) is 3. The second-order valence-electron chi connectivity index (χ2n) is 4.03. The van der Waals surface area contributed by atoms with E-state index in [2.05, 4.69) is 5.32 Å². The third kappa shape index (κ3) is 4.17. The summed E-state index contributed by atoms with van der Waals surface area (Å²) >= 11 is 0. The molecule has 0 spiro atoms. The zero-order chi connectivity index (χ0) is 12.7. The molecule has 0 aliphatic rings. The largest absolute Gasteiger partial charge is 0.392 e. The summed E-state index contributed by atoms with van der Waals surface area (Å²) in [6.45, 7) is 2.87. The number of rotatable bonds is 6. The summed E-state index contributed by atoms with van der Waals surface area (Å²) in [5.41, 5.74) is 7.39. The Hall–Kier alpha value is -1.39. The minimum Gasteiger partial charge on any atom is -0.392 e. The van der Waals surface area contributed by atoms with Crippen molar-refractivity contribution >= 4 is 5.91 Å². The highest BCUT2D eigenvalue weighted by molar-refractivity contribution is 5.78. The van der Waals surface area contributed by atoms with E-state index in [1.165, 1.54) is 0 Å². The fraction of sp³-hybridized carbons (Fsp3) is 0.462. The first-order chi connectivity index (χ1) is 8.21. The van der Waals surface area contributed by atoms with Gasteiger partial charge in [-0.05, 0) is 17.5 Å². The van der Waals surface area contributed by atoms with Gasteiger partial charge in [0, 0.05) is 19.0 Å². The molecule has 0 fully saturated rings. The second kappa shape index (κ2) is 7.04. The maximum Gasteiger partial charge on any atom is 0.224 e. The number of aliphatic hydroxyl groups is 1. The molecular weight excluding hydrogens is 216 g/mol. The zero-order valence-corrected chi connectivity index (χ0v) is 10.1. The first-order valence-corrected chi connectivity index (χ1v) is 5.87. The number of nitrogens with one attached hydrogen (secondary N) is 1. The smallest absolute Gasteiger partial charge is 0.224 e. The fourth-order valence-corrected chi connectivity index (χ4v) is 1.56. The highest BCUT2D eigenvalue weighted by atomic mass is 16.3. The van der Waals surface area contributed by atoms with Gasteiger partial charge in [0.15, 0.2) is 0 Å². The summed E-state index contributed by atoms with van der Waals surface area (Å²) in [7, 11) is 0. The molecule has 94 valence electrons. The van der Waals surface area contributed by atoms with E-state index in [0.29, 0.717) is 13.1 Å². The Balaban J connectivity index is 2.46. The van der Waals surface area contributed by atoms with Crippen LogP contribution in [0.3, 0.4) is 0 Å². The lowest BCUT2D eigenvalue weighted by Gasteiger charge is -2.12. The molecule has 1 atom stereocenters. The van der Waals surface area contributed by atoms with Gasteiger partial charge in [0.1, 0.15) is 0 Å². The van der Waals surface area contributed by atoms with Gasteiger partial charge in [-0.1, -0.05) is 31.2 Å². The van der Waals surface area contributed by atoms with E-state index in [-0.39, 0.29) is 18.4 Å². The molecule has 4 N–H and O–H groups in total. The van der Waals surface area contributed by atoms with Crippen molar-refractivity contribution in [3.63, 3.8) is 0 Å². The predicted octanol–water partition coefficient (Wildman–Crippen LogP) is 0.780. The molecule has 4 heteroatoms. The lowest BCUT2D eigenvalue weighted by molar-refractivity contribution is -0.124. The molecule has 0 aliphatic heterocycles. The minimum absolute atomic E-state index is 0.00114. The lowest BCUT2D eigenvalue weighted by atomic mass is 10.1. The molecule has 0 aromatic heterocycles. The average Bonchev–Trinajstić information content (AvgIpc) is 2.38. The van der Waals surface area contributed by atoms with Gasteiger partial charge in [-0.15, -0.1) is 0 Å². The first-order valence-electron chi connectivity index (χ1n) is 5.87. The lowest BCUT2D eigenvalue weighted by Crippen LogP contribution is -2.34. The van der Waals surface area contributed by atoms with Gasteiger partial charge in [-0.3, -0.25) is 4.79 Å². The zero-order valence-electron chi connectivity index (χ0n) is 10.1. The maximum atomic E-state index is 11.7. The van der Waals surface area contributed by atoms with Gasteiger partial charge in [0.05, 0.1) is 6.61 Å². The molecule has 17 heavy (non-hydrogen) atoms. The van der Waals surface area contributed by atoms with Gasteiger partial charge < -0.3 is 16.2 Å². The summed E-state index contributed by atoms with van der Waals surface area (Å²) in [5, 5.41) is 11.8. The number of carbonyl (C=O) groups excluding carboxylic acids is 1. The molecule has 0 bridgehead atoms. The third-order valence-corrected chi connectivity index (χ3v) is 2.82. The summed E-state index contributed by atoms with van der Waals surface area (Å²) in [4.78, 5) is 11.7. The van der Waals surface area contributed by atoms with Crippen LogP contribution in [0.4, 0.5) is 0 Å². The van der Waals surface area contributed by atoms with E-state index in [4.69, 9.17) is 10.8 Å². The third-order valence-electron chi connectivity index (χ3n) is 2.82. The minimum atomic E-state index is -0.105. The maximum absolute atomic E-state index is 11.7. The number of aliphatic hydroxyl groups excluding tert-OH is 1. The van der Waals surface area contributed by atoms with Crippen molar-refractivity contribution in [2.75, 3.05) is 6.54 Å². The molecule has 0 saturated heterocycles. The van der Waals surface area contributed by atoms with Crippen LogP contribution in [0.1, 0.15) is 24.5 Å². The average molecular weight is 236 g/mol. The van der Waals surface area contributed by atoms with Crippen LogP contribution in [-0.2, 0) is 17.9 Å². The van der Waals surface area contributed by atoms with Crippen LogP contribution >= 0.6 is 0 Å². The van der Waals surface area contributed by atoms with Crippen molar-refractivity contribution in [2.24, 2.45) is 11.7 Å². The molecule has 0 saturated carbocycles. The van der Waals surface area contributed by atoms with E-state index in [0.717, 1.165) is 17.5 Å². The van der Waals surface area contributed by atoms with E-state index in [1.54, 1.807) is 0 Å². The molecule has 1 amide bonds. The van der Waals surface area contributed by atoms with Crippen molar-refractivity contribution in [1.29, 1.82) is 0 Å². The number of carbonyl (C=O) groups is 1. The SMILES string of the molecule is CCC(CN)C(=O)NCc1ccc(CO)cc1. The number of amides is 1. The Morgan fingerprint density at radius 1 is 1.35 bits per heavy atom. The summed E-state index contributed by atoms with van der Waals surface area (Å²) < 4.78 is 0. The molecular formula is C13H20N2O2. The highest BCUT2D eigenvalue weighted by Gasteiger charge is 2.13. The molecule has 1 aromatic carbocycles. The second-order valence-corrected chi connectivity index (χ2v) is 4.03. The standard InChI is InChI=1S/C13H20N2O2/c1-2-12(7-14)13(17)15-8-10-3-5-11(9-16)6-4-10/h3-6,12,16H,2,7-9,14H2,1H3,(H,15,17). The van der Waals surface area contributed by atoms with E-state index in [9.17, 15) is 4.79 Å². The monoisotopic (exact) mass is 236 g/mol. The first kappa shape index (κ1) is 13.7. The van der Waals surface area contributed by atoms with Crippen LogP contribution in [0, 0.1) is 5.92 Å². The van der Waals surface area contributed by atoms with Crippen molar-refractivity contribution in [3.8, 4) is 0 Å². The highest BCUT2D eigenvalue weighted by Crippen LogP contribution is 2.05. The summed E-state index contributed by atoms with van der Waals surface area (Å²) in [5.74, 6) is -0.104. The Morgan fingerprint density at radius 3 is 2.41 bits per heavy atom. The van der Waals surface area contributed by atoms with Gasteiger partial charge in [0.25, 0.3) is 0 Å². The Kier molecular flexibility index (Phi) is 5.66. The molecule has 4 nitrogen and oxygen atoms in total. The fourth-order valence-electron chi connectivity index (χ4n) is 1.56. The van der Waals surface area contributed by atoms with Gasteiger partial charge >= 0.3 is 0 Å². The van der Waals surface area contributed by atoms with Crippen molar-refractivity contribution in [3.05, 3.63) is 35.4 Å². The van der Waals surface area contributed by atoms with Gasteiger partial charge in [-0.2, -0.15) is 0 Å². The van der Waals surface area contributed by atoms with Crippen molar-refractivity contribution in [1.82, 2.24) is 5.32 Å². The van der Waals surface area contributed by atoms with Crippen LogP contribution in [0.25, 0.3) is 0 Å². The van der Waals surface area contributed by atoms with Crippen LogP contribution in [0.15, 0.2) is 24.3 Å². The van der Waals surface area contributed by atoms with Crippen LogP contribution in [0.2, 0.25) is 0 Å². The summed E-state index contributed by atoms with van der Waals surface area (Å²) in [6, 6.07) is 7.49. The Bertz CT molecular complexity index is 345. The molecule has 1 rings (SSSR count). The van der Waals surface area contributed by atoms with Crippen LogP contribution in [0.5, 0.6) is 0 Å². The van der Waals surface area contributed by atoms with Crippen molar-refractivity contribution in [2.45, 2.75) is 26.5 Å². The number of hydrogen-bond acceptors (Lipinski definition) is 3. The van der Waals surface area contributed by atoms with Crippen molar-refractivity contribution < 1.29 is 9.90 Å².